The van der Waals surface area contributed by atoms with E-state index in [0.29, 0.717) is 24.7 Å². The smallest absolute Gasteiger partial charge is 0.282 e. The molecule has 19 heavy (non-hydrogen) atoms. The molecule has 0 saturated heterocycles. The molecule has 0 amide bonds. The van der Waals surface area contributed by atoms with Gasteiger partial charge in [0.1, 0.15) is 19.8 Å². The van der Waals surface area contributed by atoms with E-state index in [0.717, 1.165) is 10.0 Å². The van der Waals surface area contributed by atoms with Crippen LogP contribution in [-0.2, 0) is 6.54 Å². The first kappa shape index (κ1) is 14.5. The third-order valence-corrected chi connectivity index (χ3v) is 3.19. The van der Waals surface area contributed by atoms with Gasteiger partial charge < -0.3 is 19.9 Å². The zero-order chi connectivity index (χ0) is 13.9. The van der Waals surface area contributed by atoms with Crippen molar-refractivity contribution in [1.29, 1.82) is 0 Å². The molecule has 0 aliphatic carbocycles. The number of hydrogen-bond acceptors (Lipinski definition) is 4. The van der Waals surface area contributed by atoms with Gasteiger partial charge in [0.15, 0.2) is 11.5 Å². The van der Waals surface area contributed by atoms with E-state index >= 15 is 0 Å². The van der Waals surface area contributed by atoms with Crippen molar-refractivity contribution in [2.75, 3.05) is 26.4 Å². The molecule has 1 aliphatic heterocycles. The van der Waals surface area contributed by atoms with Crippen molar-refractivity contribution in [3.8, 4) is 11.5 Å². The summed E-state index contributed by atoms with van der Waals surface area (Å²) in [6.07, 6.45) is 0. The van der Waals surface area contributed by atoms with Crippen LogP contribution in [0.25, 0.3) is 0 Å². The van der Waals surface area contributed by atoms with Crippen LogP contribution in [0.5, 0.6) is 11.5 Å². The second-order valence-corrected chi connectivity index (χ2v) is 5.07. The Bertz CT molecular complexity index is 457. The third kappa shape index (κ3) is 3.77. The summed E-state index contributed by atoms with van der Waals surface area (Å²) in [6, 6.07) is 3.54. The van der Waals surface area contributed by atoms with Crippen molar-refractivity contribution < 1.29 is 23.4 Å². The van der Waals surface area contributed by atoms with Crippen LogP contribution in [0.4, 0.5) is 8.78 Å². The number of rotatable bonds is 5. The van der Waals surface area contributed by atoms with Crippen molar-refractivity contribution in [2.45, 2.75) is 12.5 Å². The van der Waals surface area contributed by atoms with E-state index < -0.39 is 19.1 Å². The molecule has 1 aliphatic rings. The third-order valence-electron chi connectivity index (χ3n) is 2.60. The number of alkyl halides is 2. The Hall–Kier alpha value is -0.920. The highest BCUT2D eigenvalue weighted by atomic mass is 79.9. The van der Waals surface area contributed by atoms with E-state index in [1.165, 1.54) is 0 Å². The van der Waals surface area contributed by atoms with Gasteiger partial charge in [0.05, 0.1) is 11.0 Å². The van der Waals surface area contributed by atoms with E-state index in [9.17, 15) is 8.78 Å². The molecule has 0 spiro atoms. The maximum Gasteiger partial charge on any atom is 0.282 e. The standard InChI is InChI=1S/C12H14BrF2NO3/c13-9-3-8(5-16-6-12(14,15)7-17)4-10-11(9)19-2-1-18-10/h3-4,16-17H,1-2,5-7H2. The Balaban J connectivity index is 2.00. The van der Waals surface area contributed by atoms with Crippen LogP contribution in [0, 0.1) is 0 Å². The monoisotopic (exact) mass is 337 g/mol. The predicted octanol–water partition coefficient (Wildman–Crippen LogP) is 1.94. The minimum Gasteiger partial charge on any atom is -0.486 e. The quantitative estimate of drug-likeness (QED) is 0.862. The zero-order valence-electron chi connectivity index (χ0n) is 10.1. The Kier molecular flexibility index (Phi) is 4.59. The van der Waals surface area contributed by atoms with E-state index in [1.807, 2.05) is 0 Å². The topological polar surface area (TPSA) is 50.7 Å². The molecule has 0 atom stereocenters. The molecule has 106 valence electrons. The van der Waals surface area contributed by atoms with Gasteiger partial charge >= 0.3 is 0 Å². The fraction of sp³-hybridized carbons (Fsp3) is 0.500. The fourth-order valence-corrected chi connectivity index (χ4v) is 2.32. The normalized spacial score (nSPS) is 14.5. The minimum atomic E-state index is -3.11. The van der Waals surface area contributed by atoms with Gasteiger partial charge in [-0.05, 0) is 33.6 Å². The van der Waals surface area contributed by atoms with Gasteiger partial charge in [-0.15, -0.1) is 0 Å². The number of aliphatic hydroxyl groups is 1. The molecule has 1 heterocycles. The average Bonchev–Trinajstić information content (AvgIpc) is 2.39. The summed E-state index contributed by atoms with van der Waals surface area (Å²) >= 11 is 3.36. The molecular weight excluding hydrogens is 324 g/mol. The van der Waals surface area contributed by atoms with Gasteiger partial charge in [-0.1, -0.05) is 0 Å². The summed E-state index contributed by atoms with van der Waals surface area (Å²) in [6.45, 7) is -0.518. The van der Waals surface area contributed by atoms with Crippen LogP contribution >= 0.6 is 15.9 Å². The first-order valence-electron chi connectivity index (χ1n) is 5.79. The Morgan fingerprint density at radius 3 is 2.79 bits per heavy atom. The van der Waals surface area contributed by atoms with Gasteiger partial charge in [0.25, 0.3) is 5.92 Å². The molecule has 0 saturated carbocycles. The number of nitrogens with one attached hydrogen (secondary N) is 1. The molecule has 0 radical (unpaired) electrons. The molecule has 7 heteroatoms. The molecule has 2 N–H and O–H groups in total. The van der Waals surface area contributed by atoms with Gasteiger partial charge in [-0.3, -0.25) is 0 Å². The van der Waals surface area contributed by atoms with Crippen LogP contribution < -0.4 is 14.8 Å². The van der Waals surface area contributed by atoms with Crippen molar-refractivity contribution in [3.05, 3.63) is 22.2 Å². The lowest BCUT2D eigenvalue weighted by Crippen LogP contribution is -2.35. The average molecular weight is 338 g/mol. The summed E-state index contributed by atoms with van der Waals surface area (Å²) in [5.74, 6) is -1.87. The number of fused-ring (bicyclic) bond motifs is 1. The Labute approximate surface area is 117 Å². The molecule has 0 bridgehead atoms. The molecule has 1 aromatic carbocycles. The van der Waals surface area contributed by atoms with E-state index in [1.54, 1.807) is 12.1 Å². The van der Waals surface area contributed by atoms with Gasteiger partial charge in [0.2, 0.25) is 0 Å². The van der Waals surface area contributed by atoms with Crippen LogP contribution in [0.1, 0.15) is 5.56 Å². The number of benzene rings is 1. The number of ether oxygens (including phenoxy) is 2. The maximum atomic E-state index is 12.8. The van der Waals surface area contributed by atoms with Crippen molar-refractivity contribution in [1.82, 2.24) is 5.32 Å². The lowest BCUT2D eigenvalue weighted by atomic mass is 10.2. The Morgan fingerprint density at radius 1 is 1.32 bits per heavy atom. The largest absolute Gasteiger partial charge is 0.486 e. The fourth-order valence-electron chi connectivity index (χ4n) is 1.71. The summed E-state index contributed by atoms with van der Waals surface area (Å²) in [4.78, 5) is 0. The lowest BCUT2D eigenvalue weighted by Gasteiger charge is -2.21. The zero-order valence-corrected chi connectivity index (χ0v) is 11.7. The Morgan fingerprint density at radius 2 is 2.05 bits per heavy atom. The predicted molar refractivity (Wildman–Crippen MR) is 68.9 cm³/mol. The van der Waals surface area contributed by atoms with E-state index in [-0.39, 0.29) is 6.54 Å². The first-order valence-corrected chi connectivity index (χ1v) is 6.58. The second kappa shape index (κ2) is 6.02. The van der Waals surface area contributed by atoms with Crippen molar-refractivity contribution in [2.24, 2.45) is 0 Å². The van der Waals surface area contributed by atoms with Gasteiger partial charge in [-0.25, -0.2) is 8.78 Å². The summed E-state index contributed by atoms with van der Waals surface area (Å²) in [5.41, 5.74) is 0.796. The molecule has 4 nitrogen and oxygen atoms in total. The maximum absolute atomic E-state index is 12.8. The first-order chi connectivity index (χ1) is 9.02. The van der Waals surface area contributed by atoms with Gasteiger partial charge in [0, 0.05) is 6.54 Å². The van der Waals surface area contributed by atoms with E-state index in [4.69, 9.17) is 14.6 Å². The van der Waals surface area contributed by atoms with Crippen LogP contribution in [0.2, 0.25) is 0 Å². The van der Waals surface area contributed by atoms with Crippen LogP contribution in [-0.4, -0.2) is 37.4 Å². The van der Waals surface area contributed by atoms with Crippen molar-refractivity contribution in [3.63, 3.8) is 0 Å². The molecular formula is C12H14BrF2NO3. The summed E-state index contributed by atoms with van der Waals surface area (Å²) < 4.78 is 37.3. The molecule has 0 unspecified atom stereocenters. The highest BCUT2D eigenvalue weighted by Gasteiger charge is 2.26. The highest BCUT2D eigenvalue weighted by Crippen LogP contribution is 2.38. The molecule has 1 aromatic rings. The number of hydrogen-bond donors (Lipinski definition) is 2. The minimum absolute atomic E-state index is 0.255. The number of halogens is 3. The lowest BCUT2D eigenvalue weighted by molar-refractivity contribution is -0.0477. The van der Waals surface area contributed by atoms with Crippen molar-refractivity contribution >= 4 is 15.9 Å². The summed E-state index contributed by atoms with van der Waals surface area (Å²) in [5, 5.41) is 11.1. The molecule has 2 rings (SSSR count). The SMILES string of the molecule is OCC(F)(F)CNCc1cc(Br)c2c(c1)OCCO2. The van der Waals surface area contributed by atoms with Gasteiger partial charge in [-0.2, -0.15) is 0 Å². The van der Waals surface area contributed by atoms with E-state index in [2.05, 4.69) is 21.2 Å². The molecule has 0 aromatic heterocycles. The number of aliphatic hydroxyl groups excluding tert-OH is 1. The molecule has 0 fully saturated rings. The van der Waals surface area contributed by atoms with Crippen LogP contribution in [0.3, 0.4) is 0 Å². The second-order valence-electron chi connectivity index (χ2n) is 4.22. The summed E-state index contributed by atoms with van der Waals surface area (Å²) in [7, 11) is 0. The van der Waals surface area contributed by atoms with Crippen LogP contribution in [0.15, 0.2) is 16.6 Å². The highest BCUT2D eigenvalue weighted by molar-refractivity contribution is 9.10.